The third-order valence-electron chi connectivity index (χ3n) is 7.72. The molecule has 2 aromatic rings. The highest BCUT2D eigenvalue weighted by atomic mass is 16.3. The summed E-state index contributed by atoms with van der Waals surface area (Å²) >= 11 is 0. The van der Waals surface area contributed by atoms with Gasteiger partial charge in [-0.2, -0.15) is 0 Å². The van der Waals surface area contributed by atoms with Gasteiger partial charge in [0.25, 0.3) is 0 Å². The largest absolute Gasteiger partial charge is 0.507 e. The molecule has 0 aromatic heterocycles. The fourth-order valence-electron chi connectivity index (χ4n) is 4.89. The predicted octanol–water partition coefficient (Wildman–Crippen LogP) is 9.03. The number of rotatable bonds is 8. The van der Waals surface area contributed by atoms with Crippen LogP contribution in [0.4, 0.5) is 0 Å². The molecule has 30 heavy (non-hydrogen) atoms. The fraction of sp³-hybridized carbons (Fsp3) is 0.586. The molecular formula is C29H42O. The Morgan fingerprint density at radius 1 is 0.767 bits per heavy atom. The van der Waals surface area contributed by atoms with Crippen molar-refractivity contribution in [3.63, 3.8) is 0 Å². The average Bonchev–Trinajstić information content (AvgIpc) is 3.57. The SMILES string of the molecule is CCC(C)c1cc(-c2cc(C(C)C)c(C)c(C(C)C3CC3)c2)cc(C(C)CC)c1O. The van der Waals surface area contributed by atoms with E-state index in [0.29, 0.717) is 29.4 Å². The van der Waals surface area contributed by atoms with Gasteiger partial charge in [-0.3, -0.25) is 0 Å². The molecule has 0 radical (unpaired) electrons. The lowest BCUT2D eigenvalue weighted by Crippen LogP contribution is -2.05. The molecule has 3 unspecified atom stereocenters. The first kappa shape index (κ1) is 22.9. The maximum absolute atomic E-state index is 11.1. The quantitative estimate of drug-likeness (QED) is 0.463. The summed E-state index contributed by atoms with van der Waals surface area (Å²) in [5.41, 5.74) is 9.28. The zero-order valence-corrected chi connectivity index (χ0v) is 20.5. The van der Waals surface area contributed by atoms with E-state index in [1.54, 1.807) is 0 Å². The van der Waals surface area contributed by atoms with Crippen LogP contribution < -0.4 is 0 Å². The molecule has 1 saturated carbocycles. The number of aromatic hydroxyl groups is 1. The molecule has 164 valence electrons. The van der Waals surface area contributed by atoms with Crippen LogP contribution >= 0.6 is 0 Å². The molecule has 1 N–H and O–H groups in total. The predicted molar refractivity (Wildman–Crippen MR) is 131 cm³/mol. The molecule has 1 aliphatic rings. The molecule has 0 spiro atoms. The standard InChI is InChI=1S/C29H42O/c1-9-18(5)26-14-24(15-27(29(26)30)19(6)10-2)23-13-25(17(3)4)21(8)28(16-23)20(7)22-11-12-22/h13-20,22,30H,9-12H2,1-8H3. The third-order valence-corrected chi connectivity index (χ3v) is 7.72. The average molecular weight is 407 g/mol. The molecule has 1 nitrogen and oxygen atoms in total. The van der Waals surface area contributed by atoms with E-state index in [0.717, 1.165) is 29.9 Å². The van der Waals surface area contributed by atoms with Crippen molar-refractivity contribution in [3.05, 3.63) is 52.1 Å². The van der Waals surface area contributed by atoms with Crippen molar-refractivity contribution < 1.29 is 5.11 Å². The highest BCUT2D eigenvalue weighted by Gasteiger charge is 2.31. The van der Waals surface area contributed by atoms with Gasteiger partial charge >= 0.3 is 0 Å². The molecule has 0 bridgehead atoms. The second-order valence-electron chi connectivity index (χ2n) is 10.2. The lowest BCUT2D eigenvalue weighted by atomic mass is 9.82. The summed E-state index contributed by atoms with van der Waals surface area (Å²) in [6.45, 7) is 18.2. The Morgan fingerprint density at radius 3 is 1.60 bits per heavy atom. The van der Waals surface area contributed by atoms with Gasteiger partial charge in [-0.15, -0.1) is 0 Å². The summed E-state index contributed by atoms with van der Waals surface area (Å²) < 4.78 is 0. The van der Waals surface area contributed by atoms with Gasteiger partial charge < -0.3 is 5.11 Å². The second-order valence-corrected chi connectivity index (χ2v) is 10.2. The van der Waals surface area contributed by atoms with E-state index < -0.39 is 0 Å². The Bertz CT molecular complexity index is 856. The Hall–Kier alpha value is -1.76. The van der Waals surface area contributed by atoms with Crippen LogP contribution in [0.3, 0.4) is 0 Å². The second kappa shape index (κ2) is 9.16. The van der Waals surface area contributed by atoms with Crippen LogP contribution in [0.1, 0.15) is 126 Å². The van der Waals surface area contributed by atoms with Gasteiger partial charge in [-0.1, -0.05) is 60.6 Å². The summed E-state index contributed by atoms with van der Waals surface area (Å²) in [6.07, 6.45) is 4.81. The van der Waals surface area contributed by atoms with Gasteiger partial charge in [0.15, 0.2) is 0 Å². The number of phenolic OH excluding ortho intramolecular Hbond substituents is 1. The minimum absolute atomic E-state index is 0.354. The minimum Gasteiger partial charge on any atom is -0.507 e. The molecule has 0 amide bonds. The van der Waals surface area contributed by atoms with Gasteiger partial charge in [0.05, 0.1) is 0 Å². The van der Waals surface area contributed by atoms with Crippen molar-refractivity contribution in [1.29, 1.82) is 0 Å². The normalized spacial score (nSPS) is 17.2. The monoisotopic (exact) mass is 406 g/mol. The fourth-order valence-corrected chi connectivity index (χ4v) is 4.89. The summed E-state index contributed by atoms with van der Waals surface area (Å²) in [5, 5.41) is 11.1. The molecule has 3 atom stereocenters. The highest BCUT2D eigenvalue weighted by Crippen LogP contribution is 2.46. The van der Waals surface area contributed by atoms with Gasteiger partial charge in [-0.05, 0) is 113 Å². The first-order chi connectivity index (χ1) is 14.2. The lowest BCUT2D eigenvalue weighted by Gasteiger charge is -2.23. The van der Waals surface area contributed by atoms with E-state index in [4.69, 9.17) is 0 Å². The van der Waals surface area contributed by atoms with E-state index in [2.05, 4.69) is 79.7 Å². The highest BCUT2D eigenvalue weighted by molar-refractivity contribution is 5.71. The van der Waals surface area contributed by atoms with Crippen LogP contribution in [0.2, 0.25) is 0 Å². The number of hydrogen-bond acceptors (Lipinski definition) is 1. The van der Waals surface area contributed by atoms with Crippen LogP contribution in [0.25, 0.3) is 11.1 Å². The lowest BCUT2D eigenvalue weighted by molar-refractivity contribution is 0.449. The Morgan fingerprint density at radius 2 is 1.20 bits per heavy atom. The summed E-state index contributed by atoms with van der Waals surface area (Å²) in [6, 6.07) is 9.39. The summed E-state index contributed by atoms with van der Waals surface area (Å²) in [7, 11) is 0. The van der Waals surface area contributed by atoms with Crippen LogP contribution in [-0.2, 0) is 0 Å². The zero-order valence-electron chi connectivity index (χ0n) is 20.5. The Labute approximate surface area is 184 Å². The molecule has 1 heteroatoms. The van der Waals surface area contributed by atoms with Gasteiger partial charge in [0, 0.05) is 0 Å². The minimum atomic E-state index is 0.354. The maximum atomic E-state index is 11.1. The molecule has 2 aromatic carbocycles. The van der Waals surface area contributed by atoms with Crippen LogP contribution in [0.5, 0.6) is 5.75 Å². The van der Waals surface area contributed by atoms with Crippen molar-refractivity contribution in [3.8, 4) is 16.9 Å². The van der Waals surface area contributed by atoms with E-state index >= 15 is 0 Å². The summed E-state index contributed by atoms with van der Waals surface area (Å²) in [5.74, 6) is 3.22. The Balaban J connectivity index is 2.23. The van der Waals surface area contributed by atoms with E-state index in [9.17, 15) is 5.11 Å². The van der Waals surface area contributed by atoms with Crippen molar-refractivity contribution in [1.82, 2.24) is 0 Å². The summed E-state index contributed by atoms with van der Waals surface area (Å²) in [4.78, 5) is 0. The first-order valence-corrected chi connectivity index (χ1v) is 12.2. The third kappa shape index (κ3) is 4.46. The van der Waals surface area contributed by atoms with Crippen molar-refractivity contribution in [2.75, 3.05) is 0 Å². The number of benzene rings is 2. The molecule has 0 aliphatic heterocycles. The van der Waals surface area contributed by atoms with Gasteiger partial charge in [0.2, 0.25) is 0 Å². The van der Waals surface area contributed by atoms with Crippen LogP contribution in [0.15, 0.2) is 24.3 Å². The maximum Gasteiger partial charge on any atom is 0.122 e. The zero-order chi connectivity index (χ0) is 22.2. The van der Waals surface area contributed by atoms with Crippen LogP contribution in [0, 0.1) is 12.8 Å². The van der Waals surface area contributed by atoms with Crippen LogP contribution in [-0.4, -0.2) is 5.11 Å². The number of phenols is 1. The molecule has 3 rings (SSSR count). The van der Waals surface area contributed by atoms with Crippen molar-refractivity contribution >= 4 is 0 Å². The van der Waals surface area contributed by atoms with Crippen molar-refractivity contribution in [2.45, 2.75) is 105 Å². The van der Waals surface area contributed by atoms with E-state index in [1.807, 2.05) is 0 Å². The van der Waals surface area contributed by atoms with E-state index in [1.165, 1.54) is 40.7 Å². The van der Waals surface area contributed by atoms with E-state index in [-0.39, 0.29) is 0 Å². The topological polar surface area (TPSA) is 20.2 Å². The molecule has 1 fully saturated rings. The first-order valence-electron chi connectivity index (χ1n) is 12.2. The van der Waals surface area contributed by atoms with Gasteiger partial charge in [0.1, 0.15) is 5.75 Å². The smallest absolute Gasteiger partial charge is 0.122 e. The molecule has 1 aliphatic carbocycles. The molecular weight excluding hydrogens is 364 g/mol. The Kier molecular flexibility index (Phi) is 7.00. The van der Waals surface area contributed by atoms with Gasteiger partial charge in [-0.25, -0.2) is 0 Å². The molecule has 0 heterocycles. The molecule has 0 saturated heterocycles. The number of hydrogen-bond donors (Lipinski definition) is 1. The van der Waals surface area contributed by atoms with Crippen molar-refractivity contribution in [2.24, 2.45) is 5.92 Å².